The van der Waals surface area contributed by atoms with Gasteiger partial charge < -0.3 is 10.2 Å². The van der Waals surface area contributed by atoms with Crippen LogP contribution in [-0.2, 0) is 0 Å². The first kappa shape index (κ1) is 25.3. The van der Waals surface area contributed by atoms with Crippen molar-refractivity contribution in [3.63, 3.8) is 0 Å². The van der Waals surface area contributed by atoms with E-state index in [9.17, 15) is 10.2 Å². The van der Waals surface area contributed by atoms with Crippen molar-refractivity contribution >= 4 is 0 Å². The topological polar surface area (TPSA) is 40.5 Å². The third-order valence-electron chi connectivity index (χ3n) is 6.65. The first-order chi connectivity index (χ1) is 14.8. The van der Waals surface area contributed by atoms with E-state index in [1.165, 1.54) is 62.5 Å². The molecule has 0 saturated carbocycles. The summed E-state index contributed by atoms with van der Waals surface area (Å²) in [6.07, 6.45) is 11.7. The van der Waals surface area contributed by atoms with E-state index in [0.717, 1.165) is 24.2 Å². The van der Waals surface area contributed by atoms with Gasteiger partial charge in [0.05, 0.1) is 0 Å². The average Bonchev–Trinajstić information content (AvgIpc) is 2.73. The molecule has 2 nitrogen and oxygen atoms in total. The third kappa shape index (κ3) is 9.80. The first-order valence-corrected chi connectivity index (χ1v) is 12.4. The lowest BCUT2D eigenvalue weighted by molar-refractivity contribution is 0.385. The fourth-order valence-corrected chi connectivity index (χ4v) is 4.59. The van der Waals surface area contributed by atoms with Crippen molar-refractivity contribution in [2.24, 2.45) is 17.8 Å². The molecule has 2 heteroatoms. The van der Waals surface area contributed by atoms with Crippen molar-refractivity contribution in [3.8, 4) is 11.5 Å². The monoisotopic (exact) mass is 424 g/mol. The van der Waals surface area contributed by atoms with Crippen LogP contribution in [0.1, 0.15) is 103 Å². The molecule has 0 radical (unpaired) electrons. The van der Waals surface area contributed by atoms with Crippen LogP contribution in [0, 0.1) is 17.8 Å². The van der Waals surface area contributed by atoms with Gasteiger partial charge in [-0.05, 0) is 59.6 Å². The van der Waals surface area contributed by atoms with E-state index in [2.05, 4.69) is 27.7 Å². The number of phenols is 2. The van der Waals surface area contributed by atoms with E-state index in [4.69, 9.17) is 0 Å². The van der Waals surface area contributed by atoms with Crippen molar-refractivity contribution in [2.75, 3.05) is 0 Å². The molecule has 0 heterocycles. The highest BCUT2D eigenvalue weighted by atomic mass is 16.3. The molecule has 31 heavy (non-hydrogen) atoms. The number of rotatable bonds is 14. The first-order valence-electron chi connectivity index (χ1n) is 12.4. The lowest BCUT2D eigenvalue weighted by Crippen LogP contribution is -2.04. The highest BCUT2D eigenvalue weighted by molar-refractivity contribution is 5.37. The Balaban J connectivity index is 1.78. The molecule has 2 unspecified atom stereocenters. The Bertz CT molecular complexity index is 672. The van der Waals surface area contributed by atoms with E-state index < -0.39 is 0 Å². The molecule has 0 aliphatic carbocycles. The van der Waals surface area contributed by atoms with Crippen molar-refractivity contribution < 1.29 is 10.2 Å². The summed E-state index contributed by atoms with van der Waals surface area (Å²) in [4.78, 5) is 0. The molecule has 0 aliphatic heterocycles. The van der Waals surface area contributed by atoms with Gasteiger partial charge in [0.1, 0.15) is 11.5 Å². The van der Waals surface area contributed by atoms with Crippen LogP contribution in [0.3, 0.4) is 0 Å². The van der Waals surface area contributed by atoms with Crippen molar-refractivity contribution in [2.45, 2.75) is 91.4 Å². The summed E-state index contributed by atoms with van der Waals surface area (Å²) in [6, 6.07) is 15.2. The van der Waals surface area contributed by atoms with Gasteiger partial charge in [-0.2, -0.15) is 0 Å². The third-order valence-corrected chi connectivity index (χ3v) is 6.65. The molecule has 0 saturated heterocycles. The molecule has 2 rings (SSSR count). The normalized spacial score (nSPS) is 13.6. The van der Waals surface area contributed by atoms with Crippen LogP contribution in [0.5, 0.6) is 11.5 Å². The van der Waals surface area contributed by atoms with E-state index in [0.29, 0.717) is 17.4 Å². The molecule has 2 N–H and O–H groups in total. The molecule has 0 aliphatic rings. The van der Waals surface area contributed by atoms with Gasteiger partial charge >= 0.3 is 0 Å². The summed E-state index contributed by atoms with van der Waals surface area (Å²) in [5.74, 6) is 3.37. The second-order valence-corrected chi connectivity index (χ2v) is 10.1. The van der Waals surface area contributed by atoms with E-state index in [1.54, 1.807) is 24.3 Å². The molecule has 0 amide bonds. The Morgan fingerprint density at radius 3 is 1.26 bits per heavy atom. The average molecular weight is 425 g/mol. The Kier molecular flexibility index (Phi) is 11.0. The summed E-state index contributed by atoms with van der Waals surface area (Å²) in [6.45, 7) is 9.46. The zero-order valence-electron chi connectivity index (χ0n) is 20.2. The number of phenolic OH excluding ortho intramolecular Hbond substituents is 2. The number of hydrogen-bond acceptors (Lipinski definition) is 2. The van der Waals surface area contributed by atoms with Gasteiger partial charge in [-0.1, -0.05) is 103 Å². The lowest BCUT2D eigenvalue weighted by atomic mass is 9.85. The van der Waals surface area contributed by atoms with E-state index in [1.807, 2.05) is 24.3 Å². The maximum Gasteiger partial charge on any atom is 0.115 e. The zero-order valence-corrected chi connectivity index (χ0v) is 20.2. The molecule has 2 aromatic rings. The van der Waals surface area contributed by atoms with Gasteiger partial charge in [-0.3, -0.25) is 0 Å². The van der Waals surface area contributed by atoms with Crippen LogP contribution in [0.25, 0.3) is 0 Å². The minimum absolute atomic E-state index is 0.300. The molecule has 2 aromatic carbocycles. The smallest absolute Gasteiger partial charge is 0.115 e. The van der Waals surface area contributed by atoms with Crippen LogP contribution in [0.4, 0.5) is 0 Å². The molecule has 0 aromatic heterocycles. The maximum absolute atomic E-state index is 9.65. The second-order valence-electron chi connectivity index (χ2n) is 10.1. The van der Waals surface area contributed by atoms with Crippen molar-refractivity contribution in [1.29, 1.82) is 0 Å². The Labute approximate surface area is 190 Å². The van der Waals surface area contributed by atoms with Gasteiger partial charge in [0.2, 0.25) is 0 Å². The predicted molar refractivity (Wildman–Crippen MR) is 133 cm³/mol. The summed E-state index contributed by atoms with van der Waals surface area (Å²) >= 11 is 0. The number of aromatic hydroxyl groups is 2. The number of benzene rings is 2. The van der Waals surface area contributed by atoms with Crippen molar-refractivity contribution in [1.82, 2.24) is 0 Å². The van der Waals surface area contributed by atoms with E-state index >= 15 is 0 Å². The highest BCUT2D eigenvalue weighted by Gasteiger charge is 2.15. The molecule has 2 atom stereocenters. The Morgan fingerprint density at radius 2 is 0.871 bits per heavy atom. The standard InChI is InChI=1S/C29H44O2/c1-22(2)8-5-9-23(3)10-6-11-24(4)12-7-13-29(25-14-18-27(30)19-15-25)26-16-20-28(31)21-17-26/h14-24,29-31H,5-13H2,1-4H3. The zero-order chi connectivity index (χ0) is 22.6. The molecule has 172 valence electrons. The van der Waals surface area contributed by atoms with Gasteiger partial charge in [0, 0.05) is 5.92 Å². The molecule has 0 bridgehead atoms. The van der Waals surface area contributed by atoms with Gasteiger partial charge in [-0.15, -0.1) is 0 Å². The molecule has 0 spiro atoms. The predicted octanol–water partition coefficient (Wildman–Crippen LogP) is 8.67. The fraction of sp³-hybridized carbons (Fsp3) is 0.586. The molecular weight excluding hydrogens is 380 g/mol. The van der Waals surface area contributed by atoms with Crippen LogP contribution in [0.2, 0.25) is 0 Å². The Hall–Kier alpha value is -1.96. The van der Waals surface area contributed by atoms with E-state index in [-0.39, 0.29) is 0 Å². The van der Waals surface area contributed by atoms with Gasteiger partial charge in [0.25, 0.3) is 0 Å². The van der Waals surface area contributed by atoms with Crippen molar-refractivity contribution in [3.05, 3.63) is 59.7 Å². The summed E-state index contributed by atoms with van der Waals surface area (Å²) in [5.41, 5.74) is 2.46. The second kappa shape index (κ2) is 13.5. The number of hydrogen-bond donors (Lipinski definition) is 2. The lowest BCUT2D eigenvalue weighted by Gasteiger charge is -2.20. The summed E-state index contributed by atoms with van der Waals surface area (Å²) in [5, 5.41) is 19.3. The minimum Gasteiger partial charge on any atom is -0.508 e. The minimum atomic E-state index is 0.300. The van der Waals surface area contributed by atoms with Crippen LogP contribution in [-0.4, -0.2) is 10.2 Å². The SMILES string of the molecule is CC(C)CCCC(C)CCCC(C)CCCC(c1ccc(O)cc1)c1ccc(O)cc1. The van der Waals surface area contributed by atoms with Gasteiger partial charge in [0.15, 0.2) is 0 Å². The molecular formula is C29H44O2. The van der Waals surface area contributed by atoms with Gasteiger partial charge in [-0.25, -0.2) is 0 Å². The van der Waals surface area contributed by atoms with Crippen LogP contribution < -0.4 is 0 Å². The quantitative estimate of drug-likeness (QED) is 0.318. The fourth-order valence-electron chi connectivity index (χ4n) is 4.59. The molecule has 0 fully saturated rings. The summed E-state index contributed by atoms with van der Waals surface area (Å²) in [7, 11) is 0. The highest BCUT2D eigenvalue weighted by Crippen LogP contribution is 2.32. The van der Waals surface area contributed by atoms with Crippen LogP contribution >= 0.6 is 0 Å². The largest absolute Gasteiger partial charge is 0.508 e. The Morgan fingerprint density at radius 1 is 0.516 bits per heavy atom. The summed E-state index contributed by atoms with van der Waals surface area (Å²) < 4.78 is 0. The van der Waals surface area contributed by atoms with Crippen LogP contribution in [0.15, 0.2) is 48.5 Å². The maximum atomic E-state index is 9.65.